The van der Waals surface area contributed by atoms with E-state index < -0.39 is 0 Å². The molecule has 4 nitrogen and oxygen atoms in total. The van der Waals surface area contributed by atoms with Crippen LogP contribution in [0, 0.1) is 6.92 Å². The quantitative estimate of drug-likeness (QED) is 0.583. The van der Waals surface area contributed by atoms with Crippen molar-refractivity contribution in [1.29, 1.82) is 0 Å². The molecule has 0 bridgehead atoms. The predicted octanol–water partition coefficient (Wildman–Crippen LogP) is 2.50. The Morgan fingerprint density at radius 2 is 1.70 bits per heavy atom. The molecule has 114 valence electrons. The molecular weight excluding hydrogens is 254 g/mol. The van der Waals surface area contributed by atoms with E-state index in [0.29, 0.717) is 26.4 Å². The summed E-state index contributed by atoms with van der Waals surface area (Å²) in [6, 6.07) is 8.56. The molecule has 0 amide bonds. The predicted molar refractivity (Wildman–Crippen MR) is 82.6 cm³/mol. The molecule has 1 aromatic rings. The molecule has 0 aliphatic heterocycles. The fourth-order valence-electron chi connectivity index (χ4n) is 1.93. The molecule has 1 rings (SSSR count). The molecule has 0 radical (unpaired) electrons. The van der Waals surface area contributed by atoms with E-state index in [1.807, 2.05) is 0 Å². The lowest BCUT2D eigenvalue weighted by Gasteiger charge is -2.23. The minimum Gasteiger partial charge on any atom is -0.382 e. The molecule has 20 heavy (non-hydrogen) atoms. The van der Waals surface area contributed by atoms with Gasteiger partial charge in [-0.05, 0) is 31.5 Å². The van der Waals surface area contributed by atoms with E-state index in [1.165, 1.54) is 11.3 Å². The van der Waals surface area contributed by atoms with E-state index in [0.717, 1.165) is 19.7 Å². The van der Waals surface area contributed by atoms with Crippen LogP contribution in [0.1, 0.15) is 12.5 Å². The van der Waals surface area contributed by atoms with Gasteiger partial charge in [0.1, 0.15) is 0 Å². The summed E-state index contributed by atoms with van der Waals surface area (Å²) < 4.78 is 15.8. The van der Waals surface area contributed by atoms with Gasteiger partial charge in [0, 0.05) is 25.9 Å². The molecule has 0 aliphatic carbocycles. The number of anilines is 1. The first-order valence-corrected chi connectivity index (χ1v) is 7.24. The lowest BCUT2D eigenvalue weighted by molar-refractivity contribution is 0.0265. The zero-order valence-electron chi connectivity index (χ0n) is 12.9. The first kappa shape index (κ1) is 17.0. The van der Waals surface area contributed by atoms with Crippen molar-refractivity contribution in [2.75, 3.05) is 58.1 Å². The number of nitrogens with zero attached hydrogens (tertiary/aromatic N) is 1. The smallest absolute Gasteiger partial charge is 0.0701 e. The number of methoxy groups -OCH3 is 1. The Labute approximate surface area is 122 Å². The van der Waals surface area contributed by atoms with Gasteiger partial charge in [-0.1, -0.05) is 12.1 Å². The van der Waals surface area contributed by atoms with Crippen LogP contribution in [0.25, 0.3) is 0 Å². The number of rotatable bonds is 11. The summed E-state index contributed by atoms with van der Waals surface area (Å²) in [5, 5.41) is 0. The van der Waals surface area contributed by atoms with Crippen molar-refractivity contribution in [2.24, 2.45) is 0 Å². The zero-order valence-corrected chi connectivity index (χ0v) is 12.9. The summed E-state index contributed by atoms with van der Waals surface area (Å²) in [5.74, 6) is 0. The number of likely N-dealkylation sites (N-methyl/N-ethyl adjacent to an activating group) is 1. The van der Waals surface area contributed by atoms with Crippen LogP contribution in [0.3, 0.4) is 0 Å². The molecule has 0 heterocycles. The Balaban J connectivity index is 2.16. The minimum absolute atomic E-state index is 0.625. The lowest BCUT2D eigenvalue weighted by atomic mass is 10.2. The summed E-state index contributed by atoms with van der Waals surface area (Å²) in [7, 11) is 1.67. The first-order chi connectivity index (χ1) is 9.77. The number of hydrogen-bond acceptors (Lipinski definition) is 4. The maximum atomic E-state index is 5.59. The van der Waals surface area contributed by atoms with E-state index in [4.69, 9.17) is 14.2 Å². The van der Waals surface area contributed by atoms with Gasteiger partial charge in [0.25, 0.3) is 0 Å². The highest BCUT2D eigenvalue weighted by Crippen LogP contribution is 2.15. The zero-order chi connectivity index (χ0) is 14.6. The van der Waals surface area contributed by atoms with Crippen LogP contribution in [-0.2, 0) is 14.2 Å². The van der Waals surface area contributed by atoms with Gasteiger partial charge in [-0.2, -0.15) is 0 Å². The molecule has 0 N–H and O–H groups in total. The summed E-state index contributed by atoms with van der Waals surface area (Å²) in [6.45, 7) is 9.40. The third-order valence-corrected chi connectivity index (χ3v) is 3.06. The standard InChI is InChI=1S/C16H27NO3/c1-4-17(16-7-5-6-15(2)14-16)8-9-19-12-13-20-11-10-18-3/h5-7,14H,4,8-13H2,1-3H3. The summed E-state index contributed by atoms with van der Waals surface area (Å²) in [5.41, 5.74) is 2.54. The molecule has 1 aromatic carbocycles. The molecule has 0 aliphatic rings. The second kappa shape index (κ2) is 10.7. The second-order valence-electron chi connectivity index (χ2n) is 4.64. The molecule has 4 heteroatoms. The van der Waals surface area contributed by atoms with Crippen molar-refractivity contribution in [3.8, 4) is 0 Å². The minimum atomic E-state index is 0.625. The fraction of sp³-hybridized carbons (Fsp3) is 0.625. The van der Waals surface area contributed by atoms with Gasteiger partial charge in [0.2, 0.25) is 0 Å². The van der Waals surface area contributed by atoms with E-state index in [9.17, 15) is 0 Å². The van der Waals surface area contributed by atoms with Gasteiger partial charge in [0.15, 0.2) is 0 Å². The van der Waals surface area contributed by atoms with Crippen molar-refractivity contribution in [1.82, 2.24) is 0 Å². The number of benzene rings is 1. The maximum absolute atomic E-state index is 5.59. The van der Waals surface area contributed by atoms with Crippen LogP contribution in [0.5, 0.6) is 0 Å². The molecule has 0 unspecified atom stereocenters. The monoisotopic (exact) mass is 281 g/mol. The van der Waals surface area contributed by atoms with Crippen LogP contribution >= 0.6 is 0 Å². The van der Waals surface area contributed by atoms with Gasteiger partial charge in [-0.25, -0.2) is 0 Å². The number of ether oxygens (including phenoxy) is 3. The third kappa shape index (κ3) is 6.89. The SMILES string of the molecule is CCN(CCOCCOCCOC)c1cccc(C)c1. The highest BCUT2D eigenvalue weighted by atomic mass is 16.5. The molecule has 0 saturated carbocycles. The number of hydrogen-bond donors (Lipinski definition) is 0. The van der Waals surface area contributed by atoms with E-state index in [2.05, 4.69) is 43.0 Å². The van der Waals surface area contributed by atoms with E-state index >= 15 is 0 Å². The molecule has 0 aromatic heterocycles. The summed E-state index contributed by atoms with van der Waals surface area (Å²) in [4.78, 5) is 2.32. The van der Waals surface area contributed by atoms with Crippen molar-refractivity contribution in [3.63, 3.8) is 0 Å². The molecule has 0 saturated heterocycles. The van der Waals surface area contributed by atoms with Gasteiger partial charge >= 0.3 is 0 Å². The van der Waals surface area contributed by atoms with Crippen LogP contribution in [0.15, 0.2) is 24.3 Å². The third-order valence-electron chi connectivity index (χ3n) is 3.06. The van der Waals surface area contributed by atoms with Crippen molar-refractivity contribution < 1.29 is 14.2 Å². The lowest BCUT2D eigenvalue weighted by Crippen LogP contribution is -2.27. The fourth-order valence-corrected chi connectivity index (χ4v) is 1.93. The summed E-state index contributed by atoms with van der Waals surface area (Å²) >= 11 is 0. The van der Waals surface area contributed by atoms with Crippen LogP contribution in [-0.4, -0.2) is 53.2 Å². The molecule has 0 spiro atoms. The van der Waals surface area contributed by atoms with Crippen molar-refractivity contribution in [3.05, 3.63) is 29.8 Å². The Hall–Kier alpha value is -1.10. The largest absolute Gasteiger partial charge is 0.382 e. The Morgan fingerprint density at radius 1 is 1.00 bits per heavy atom. The normalized spacial score (nSPS) is 10.8. The Bertz CT molecular complexity index is 357. The summed E-state index contributed by atoms with van der Waals surface area (Å²) in [6.07, 6.45) is 0. The molecule has 0 fully saturated rings. The van der Waals surface area contributed by atoms with Gasteiger partial charge in [-0.3, -0.25) is 0 Å². The highest BCUT2D eigenvalue weighted by molar-refractivity contribution is 5.48. The van der Waals surface area contributed by atoms with E-state index in [-0.39, 0.29) is 0 Å². The second-order valence-corrected chi connectivity index (χ2v) is 4.64. The van der Waals surface area contributed by atoms with Gasteiger partial charge in [0.05, 0.1) is 33.0 Å². The average molecular weight is 281 g/mol. The van der Waals surface area contributed by atoms with Crippen LogP contribution in [0.4, 0.5) is 5.69 Å². The van der Waals surface area contributed by atoms with Crippen molar-refractivity contribution >= 4 is 5.69 Å². The Kier molecular flexibility index (Phi) is 9.04. The molecule has 0 atom stereocenters. The Morgan fingerprint density at radius 3 is 2.35 bits per heavy atom. The molecular formula is C16H27NO3. The first-order valence-electron chi connectivity index (χ1n) is 7.24. The van der Waals surface area contributed by atoms with Crippen LogP contribution < -0.4 is 4.90 Å². The number of aryl methyl sites for hydroxylation is 1. The average Bonchev–Trinajstić information content (AvgIpc) is 2.46. The topological polar surface area (TPSA) is 30.9 Å². The van der Waals surface area contributed by atoms with Crippen LogP contribution in [0.2, 0.25) is 0 Å². The van der Waals surface area contributed by atoms with Crippen molar-refractivity contribution in [2.45, 2.75) is 13.8 Å². The maximum Gasteiger partial charge on any atom is 0.0701 e. The van der Waals surface area contributed by atoms with Gasteiger partial charge in [-0.15, -0.1) is 0 Å². The highest BCUT2D eigenvalue weighted by Gasteiger charge is 2.03. The van der Waals surface area contributed by atoms with Gasteiger partial charge < -0.3 is 19.1 Å². The van der Waals surface area contributed by atoms with E-state index in [1.54, 1.807) is 7.11 Å².